The molecule has 0 aliphatic rings. The lowest BCUT2D eigenvalue weighted by Gasteiger charge is -2.09. The van der Waals surface area contributed by atoms with Crippen LogP contribution in [0.3, 0.4) is 0 Å². The van der Waals surface area contributed by atoms with Crippen molar-refractivity contribution in [3.63, 3.8) is 0 Å². The molecule has 8 aromatic heterocycles. The van der Waals surface area contributed by atoms with Crippen LogP contribution in [0.5, 0.6) is 0 Å². The first-order valence-corrected chi connectivity index (χ1v) is 30.5. The molecule has 0 saturated carbocycles. The van der Waals surface area contributed by atoms with Gasteiger partial charge in [-0.1, -0.05) is 0 Å². The Labute approximate surface area is 524 Å². The number of pyridine rings is 6. The zero-order valence-electron chi connectivity index (χ0n) is 61.5. The summed E-state index contributed by atoms with van der Waals surface area (Å²) in [4.78, 5) is 43.8. The Balaban J connectivity index is 0.000000492. The molecule has 0 spiro atoms. The highest BCUT2D eigenvalue weighted by Gasteiger charge is 2.09. The second-order valence-corrected chi connectivity index (χ2v) is 24.1. The second kappa shape index (κ2) is 33.8. The molecule has 86 heavy (non-hydrogen) atoms. The van der Waals surface area contributed by atoms with E-state index in [4.69, 9.17) is 0 Å². The molecule has 8 aromatic rings. The van der Waals surface area contributed by atoms with Crippen molar-refractivity contribution in [2.24, 2.45) is 0 Å². The van der Waals surface area contributed by atoms with Crippen LogP contribution in [0, 0.1) is 263 Å². The predicted octanol–water partition coefficient (Wildman–Crippen LogP) is 19.2. The van der Waals surface area contributed by atoms with Gasteiger partial charge >= 0.3 is 0 Å². The van der Waals surface area contributed by atoms with Crippen LogP contribution in [0.4, 0.5) is 0 Å². The summed E-state index contributed by atoms with van der Waals surface area (Å²) >= 11 is 0. The monoisotopic (exact) mass is 1170 g/mol. The van der Waals surface area contributed by atoms with E-state index in [1.54, 1.807) is 0 Å². The molecule has 0 N–H and O–H groups in total. The van der Waals surface area contributed by atoms with Crippen molar-refractivity contribution in [1.82, 2.24) is 49.8 Å². The quantitative estimate of drug-likeness (QED) is 0.145. The minimum Gasteiger partial charge on any atom is -0.258 e. The minimum atomic E-state index is 1.03. The Kier molecular flexibility index (Phi) is 30.3. The van der Waals surface area contributed by atoms with Crippen molar-refractivity contribution in [2.75, 3.05) is 0 Å². The molecule has 0 atom stereocenters. The van der Waals surface area contributed by atoms with Gasteiger partial charge in [0, 0.05) is 68.3 Å². The van der Waals surface area contributed by atoms with Gasteiger partial charge in [0.1, 0.15) is 0 Å². The number of rotatable bonds is 0. The van der Waals surface area contributed by atoms with Crippen molar-refractivity contribution >= 4 is 0 Å². The van der Waals surface area contributed by atoms with Gasteiger partial charge < -0.3 is 0 Å². The van der Waals surface area contributed by atoms with Crippen LogP contribution in [0.15, 0.2) is 0 Å². The molecule has 0 radical (unpaired) electrons. The third-order valence-corrected chi connectivity index (χ3v) is 18.7. The Hall–Kier alpha value is -6.94. The Morgan fingerprint density at radius 2 is 0.140 bits per heavy atom. The Morgan fingerprint density at radius 1 is 0.0814 bits per heavy atom. The lowest BCUT2D eigenvalue weighted by Crippen LogP contribution is -1.98. The highest BCUT2D eigenvalue weighted by Crippen LogP contribution is 2.22. The highest BCUT2D eigenvalue weighted by molar-refractivity contribution is 5.41. The van der Waals surface area contributed by atoms with E-state index in [-0.39, 0.29) is 0 Å². The number of aryl methyl sites for hydroxylation is 20. The summed E-state index contributed by atoms with van der Waals surface area (Å²) < 4.78 is 0. The van der Waals surface area contributed by atoms with Crippen LogP contribution < -0.4 is 0 Å². The zero-order chi connectivity index (χ0) is 67.0. The SMILES string of the molecule is Cc1nc(C)c(C)c(C)c1C.Cc1nc(C)c(C)c(C)c1C.Cc1nc(C)c(C)c(C)c1C.Cc1nc(C)c(C)c(C)c1C.Cc1nc(C)c(C)c(C)c1C.Cc1nc(C)c(C)c(C)c1C.Cc1nc(C)c(C)nc1C.Cc1nc(C)c(C)nc1C. The zero-order valence-corrected chi connectivity index (χ0v) is 61.5. The van der Waals surface area contributed by atoms with E-state index in [9.17, 15) is 0 Å². The maximum Gasteiger partial charge on any atom is 0.0588 e. The van der Waals surface area contributed by atoms with E-state index in [1.165, 1.54) is 100 Å². The van der Waals surface area contributed by atoms with E-state index in [1.807, 2.05) is 55.4 Å². The van der Waals surface area contributed by atoms with Gasteiger partial charge in [-0.2, -0.15) is 0 Å². The smallest absolute Gasteiger partial charge is 0.0588 e. The summed E-state index contributed by atoms with van der Waals surface area (Å²) in [6, 6.07) is 0. The van der Waals surface area contributed by atoms with E-state index in [0.717, 1.165) is 114 Å². The number of hydrogen-bond acceptors (Lipinski definition) is 10. The van der Waals surface area contributed by atoms with Crippen LogP contribution in [-0.4, -0.2) is 49.8 Å². The van der Waals surface area contributed by atoms with Gasteiger partial charge in [-0.3, -0.25) is 49.8 Å². The minimum absolute atomic E-state index is 1.03. The van der Waals surface area contributed by atoms with Crippen LogP contribution in [0.1, 0.15) is 214 Å². The molecule has 0 aliphatic carbocycles. The molecule has 0 fully saturated rings. The van der Waals surface area contributed by atoms with Crippen molar-refractivity contribution in [1.29, 1.82) is 0 Å². The summed E-state index contributed by atoms with van der Waals surface area (Å²) in [5, 5.41) is 0. The fourth-order valence-corrected chi connectivity index (χ4v) is 9.11. The maximum absolute atomic E-state index is 4.43. The van der Waals surface area contributed by atoms with Crippen LogP contribution in [0.2, 0.25) is 0 Å². The molecule has 10 heteroatoms. The van der Waals surface area contributed by atoms with E-state index in [0.29, 0.717) is 0 Å². The summed E-state index contributed by atoms with van der Waals surface area (Å²) in [5.41, 5.74) is 46.4. The standard InChI is InChI=1S/6C10H15N.2C8H12N2/c6*1-6-7(2)9(4)11-10(5)8(6)3;2*1-5-6(2)10-8(4)7(3)9-5/h6*1-5H3;2*1-4H3. The first-order valence-electron chi connectivity index (χ1n) is 30.5. The van der Waals surface area contributed by atoms with Gasteiger partial charge in [0.25, 0.3) is 0 Å². The van der Waals surface area contributed by atoms with E-state index < -0.39 is 0 Å². The number of aromatic nitrogens is 10. The molecule has 8 rings (SSSR count). The molecule has 0 aliphatic heterocycles. The fraction of sp³-hybridized carbons (Fsp3) is 0.500. The summed E-state index contributed by atoms with van der Waals surface area (Å²) in [7, 11) is 0. The normalized spacial score (nSPS) is 10.2. The predicted molar refractivity (Wildman–Crippen MR) is 369 cm³/mol. The summed E-state index contributed by atoms with van der Waals surface area (Å²) in [6.07, 6.45) is 0. The van der Waals surface area contributed by atoms with Gasteiger partial charge in [-0.25, -0.2) is 0 Å². The molecule has 0 saturated heterocycles. The first kappa shape index (κ1) is 77.1. The Bertz CT molecular complexity index is 2880. The summed E-state index contributed by atoms with van der Waals surface area (Å²) in [6.45, 7) is 79.1. The molecule has 10 nitrogen and oxygen atoms in total. The van der Waals surface area contributed by atoms with Crippen LogP contribution in [0.25, 0.3) is 0 Å². The number of hydrogen-bond donors (Lipinski definition) is 0. The Morgan fingerprint density at radius 3 is 0.209 bits per heavy atom. The van der Waals surface area contributed by atoms with Gasteiger partial charge in [-0.15, -0.1) is 0 Å². The molecule has 8 heterocycles. The molecular formula is C76H114N10. The molecule has 0 bridgehead atoms. The molecule has 468 valence electrons. The maximum atomic E-state index is 4.43. The molecule has 0 unspecified atom stereocenters. The van der Waals surface area contributed by atoms with Crippen molar-refractivity contribution < 1.29 is 0 Å². The van der Waals surface area contributed by atoms with Crippen molar-refractivity contribution in [3.05, 3.63) is 214 Å². The lowest BCUT2D eigenvalue weighted by atomic mass is 10.0. The fourth-order valence-electron chi connectivity index (χ4n) is 9.11. The second-order valence-electron chi connectivity index (χ2n) is 24.1. The topological polar surface area (TPSA) is 129 Å². The molecular weight excluding hydrogens is 1050 g/mol. The largest absolute Gasteiger partial charge is 0.258 e. The first-order chi connectivity index (χ1) is 39.4. The number of nitrogens with zero attached hydrogens (tertiary/aromatic N) is 10. The van der Waals surface area contributed by atoms with Crippen molar-refractivity contribution in [3.8, 4) is 0 Å². The lowest BCUT2D eigenvalue weighted by molar-refractivity contribution is 0.959. The average Bonchev–Trinajstić information content (AvgIpc) is 2.90. The molecule has 0 amide bonds. The van der Waals surface area contributed by atoms with Gasteiger partial charge in [0.15, 0.2) is 0 Å². The third-order valence-electron chi connectivity index (χ3n) is 18.7. The average molecular weight is 1170 g/mol. The summed E-state index contributed by atoms with van der Waals surface area (Å²) in [5.74, 6) is 0. The van der Waals surface area contributed by atoms with E-state index in [2.05, 4.69) is 258 Å². The van der Waals surface area contributed by atoms with Crippen LogP contribution >= 0.6 is 0 Å². The highest BCUT2D eigenvalue weighted by atomic mass is 14.8. The third kappa shape index (κ3) is 21.2. The van der Waals surface area contributed by atoms with Gasteiger partial charge in [0.2, 0.25) is 0 Å². The van der Waals surface area contributed by atoms with Crippen LogP contribution in [-0.2, 0) is 0 Å². The molecule has 0 aromatic carbocycles. The van der Waals surface area contributed by atoms with E-state index >= 15 is 0 Å². The van der Waals surface area contributed by atoms with Gasteiger partial charge in [-0.05, 0) is 363 Å². The van der Waals surface area contributed by atoms with Crippen molar-refractivity contribution in [2.45, 2.75) is 263 Å². The van der Waals surface area contributed by atoms with Gasteiger partial charge in [0.05, 0.1) is 45.6 Å².